The molecule has 2 heterocycles. The predicted molar refractivity (Wildman–Crippen MR) is 109 cm³/mol. The lowest BCUT2D eigenvalue weighted by Crippen LogP contribution is -2.35. The first-order valence-electron chi connectivity index (χ1n) is 9.37. The number of hydrogen-bond acceptors (Lipinski definition) is 2. The molecule has 1 aliphatic heterocycles. The molecule has 2 aromatic carbocycles. The fraction of sp³-hybridized carbons (Fsp3) is 0.208. The number of nitrogens with zero attached hydrogens (tertiary/aromatic N) is 1. The maximum atomic E-state index is 13.0. The molecule has 0 radical (unpaired) electrons. The number of fused-ring (bicyclic) bond motifs is 4. The largest absolute Gasteiger partial charge is 0.484 e. The van der Waals surface area contributed by atoms with Crippen LogP contribution in [0.3, 0.4) is 0 Å². The Hall–Kier alpha value is -3.07. The second-order valence-corrected chi connectivity index (χ2v) is 7.39. The first-order valence-corrected chi connectivity index (χ1v) is 9.37. The quantitative estimate of drug-likeness (QED) is 0.643. The van der Waals surface area contributed by atoms with Gasteiger partial charge in [0.15, 0.2) is 0 Å². The Kier molecular flexibility index (Phi) is 3.57. The molecule has 3 nitrogen and oxygen atoms in total. The molecule has 3 heteroatoms. The van der Waals surface area contributed by atoms with Crippen LogP contribution in [0, 0.1) is 5.92 Å². The summed E-state index contributed by atoms with van der Waals surface area (Å²) in [7, 11) is 1.84. The summed E-state index contributed by atoms with van der Waals surface area (Å²) in [5.74, 6) is 0.949. The van der Waals surface area contributed by atoms with Crippen molar-refractivity contribution < 1.29 is 4.74 Å². The van der Waals surface area contributed by atoms with Gasteiger partial charge in [-0.2, -0.15) is 0 Å². The molecule has 5 rings (SSSR count). The van der Waals surface area contributed by atoms with Crippen molar-refractivity contribution in [1.29, 1.82) is 0 Å². The van der Waals surface area contributed by atoms with Crippen molar-refractivity contribution in [3.05, 3.63) is 93.8 Å². The highest BCUT2D eigenvalue weighted by Gasteiger charge is 2.37. The highest BCUT2D eigenvalue weighted by molar-refractivity contribution is 5.87. The zero-order valence-corrected chi connectivity index (χ0v) is 15.5. The van der Waals surface area contributed by atoms with E-state index in [-0.39, 0.29) is 17.6 Å². The molecule has 0 N–H and O–H groups in total. The molecule has 0 spiro atoms. The van der Waals surface area contributed by atoms with Crippen LogP contribution in [0.2, 0.25) is 0 Å². The molecule has 0 unspecified atom stereocenters. The maximum absolute atomic E-state index is 13.0. The van der Waals surface area contributed by atoms with Crippen LogP contribution in [0.25, 0.3) is 16.5 Å². The topological polar surface area (TPSA) is 31.2 Å². The van der Waals surface area contributed by atoms with E-state index in [0.717, 1.165) is 22.2 Å². The van der Waals surface area contributed by atoms with Gasteiger partial charge in [-0.05, 0) is 48.3 Å². The van der Waals surface area contributed by atoms with E-state index in [1.54, 1.807) is 4.57 Å². The van der Waals surface area contributed by atoms with E-state index in [2.05, 4.69) is 43.3 Å². The van der Waals surface area contributed by atoms with Gasteiger partial charge >= 0.3 is 0 Å². The lowest BCUT2D eigenvalue weighted by Gasteiger charge is -2.31. The summed E-state index contributed by atoms with van der Waals surface area (Å²) in [5.41, 5.74) is 5.49. The Balaban J connectivity index is 1.65. The number of hydrogen-bond donors (Lipinski definition) is 0. The molecule has 1 aliphatic carbocycles. The molecular weight excluding hydrogens is 334 g/mol. The van der Waals surface area contributed by atoms with Crippen molar-refractivity contribution >= 4 is 16.5 Å². The Morgan fingerprint density at radius 2 is 1.81 bits per heavy atom. The van der Waals surface area contributed by atoms with Crippen LogP contribution < -0.4 is 10.3 Å². The molecular formula is C24H21NO2. The number of aromatic nitrogens is 1. The minimum absolute atomic E-state index is 0.0123. The lowest BCUT2D eigenvalue weighted by molar-refractivity contribution is 0.185. The monoisotopic (exact) mass is 355 g/mol. The summed E-state index contributed by atoms with van der Waals surface area (Å²) in [6.45, 7) is 2.16. The summed E-state index contributed by atoms with van der Waals surface area (Å²) in [6, 6.07) is 18.4. The molecule has 2 aliphatic rings. The number of allylic oxidation sites excluding steroid dienone is 2. The molecule has 0 saturated carbocycles. The van der Waals surface area contributed by atoms with Gasteiger partial charge in [-0.15, -0.1) is 0 Å². The molecule has 134 valence electrons. The van der Waals surface area contributed by atoms with E-state index in [0.29, 0.717) is 6.42 Å². The Bertz CT molecular complexity index is 1170. The van der Waals surface area contributed by atoms with Gasteiger partial charge in [-0.1, -0.05) is 48.5 Å². The minimum atomic E-state index is -0.0123. The van der Waals surface area contributed by atoms with E-state index in [4.69, 9.17) is 4.74 Å². The smallest absolute Gasteiger partial charge is 0.257 e. The van der Waals surface area contributed by atoms with E-state index in [1.807, 2.05) is 37.4 Å². The Morgan fingerprint density at radius 1 is 1.07 bits per heavy atom. The SMILES string of the molecule is C/C(=C1\C=C[C@H]2Oc3c(c(=O)n(C)c4ccccc34)C[C@@H]12)c1ccccc1. The van der Waals surface area contributed by atoms with Gasteiger partial charge in [-0.25, -0.2) is 0 Å². The van der Waals surface area contributed by atoms with Gasteiger partial charge < -0.3 is 9.30 Å². The van der Waals surface area contributed by atoms with Crippen molar-refractivity contribution in [3.8, 4) is 5.75 Å². The summed E-state index contributed by atoms with van der Waals surface area (Å²) < 4.78 is 8.13. The van der Waals surface area contributed by atoms with Gasteiger partial charge in [0.25, 0.3) is 5.56 Å². The fourth-order valence-electron chi connectivity index (χ4n) is 4.44. The summed E-state index contributed by atoms with van der Waals surface area (Å²) in [4.78, 5) is 13.0. The van der Waals surface area contributed by atoms with Gasteiger partial charge in [0.05, 0.1) is 11.1 Å². The van der Waals surface area contributed by atoms with Crippen LogP contribution in [0.5, 0.6) is 5.75 Å². The minimum Gasteiger partial charge on any atom is -0.484 e. The van der Waals surface area contributed by atoms with E-state index >= 15 is 0 Å². The fourth-order valence-corrected chi connectivity index (χ4v) is 4.44. The number of para-hydroxylation sites is 1. The Labute approximate surface area is 158 Å². The summed E-state index contributed by atoms with van der Waals surface area (Å²) >= 11 is 0. The number of benzene rings is 2. The van der Waals surface area contributed by atoms with Gasteiger partial charge in [0, 0.05) is 18.4 Å². The van der Waals surface area contributed by atoms with Crippen molar-refractivity contribution in [3.63, 3.8) is 0 Å². The van der Waals surface area contributed by atoms with Crippen molar-refractivity contribution in [2.45, 2.75) is 19.4 Å². The molecule has 0 amide bonds. The normalized spacial score (nSPS) is 22.3. The first kappa shape index (κ1) is 16.1. The first-order chi connectivity index (χ1) is 13.1. The number of aryl methyl sites for hydroxylation is 1. The van der Waals surface area contributed by atoms with Crippen LogP contribution in [0.4, 0.5) is 0 Å². The average Bonchev–Trinajstić information content (AvgIpc) is 3.14. The number of rotatable bonds is 1. The molecule has 3 aromatic rings. The highest BCUT2D eigenvalue weighted by Crippen LogP contribution is 2.42. The second kappa shape index (κ2) is 5.98. The van der Waals surface area contributed by atoms with Gasteiger partial charge in [-0.3, -0.25) is 4.79 Å². The zero-order chi connectivity index (χ0) is 18.5. The van der Waals surface area contributed by atoms with E-state index in [9.17, 15) is 4.79 Å². The lowest BCUT2D eigenvalue weighted by atomic mass is 9.85. The standard InChI is InChI=1S/C24H21NO2/c1-15(16-8-4-3-5-9-16)17-12-13-22-19(17)14-20-23(27-22)18-10-6-7-11-21(18)25(2)24(20)26/h3-13,19,22H,14H2,1-2H3/b17-15-/t19-,22+/m0/s1. The molecule has 0 saturated heterocycles. The molecule has 2 atom stereocenters. The average molecular weight is 355 g/mol. The third-order valence-electron chi connectivity index (χ3n) is 5.93. The van der Waals surface area contributed by atoms with Crippen LogP contribution in [-0.2, 0) is 13.5 Å². The molecule has 0 bridgehead atoms. The van der Waals surface area contributed by atoms with Crippen LogP contribution in [0.15, 0.2) is 77.1 Å². The third-order valence-corrected chi connectivity index (χ3v) is 5.93. The predicted octanol–water partition coefficient (Wildman–Crippen LogP) is 4.50. The summed E-state index contributed by atoms with van der Waals surface area (Å²) in [5, 5.41) is 1.01. The maximum Gasteiger partial charge on any atom is 0.257 e. The Morgan fingerprint density at radius 3 is 2.63 bits per heavy atom. The van der Waals surface area contributed by atoms with Crippen LogP contribution in [0.1, 0.15) is 18.1 Å². The van der Waals surface area contributed by atoms with Crippen LogP contribution in [-0.4, -0.2) is 10.7 Å². The highest BCUT2D eigenvalue weighted by atomic mass is 16.5. The van der Waals surface area contributed by atoms with Crippen molar-refractivity contribution in [2.75, 3.05) is 0 Å². The van der Waals surface area contributed by atoms with E-state index < -0.39 is 0 Å². The molecule has 27 heavy (non-hydrogen) atoms. The zero-order valence-electron chi connectivity index (χ0n) is 15.5. The summed E-state index contributed by atoms with van der Waals surface area (Å²) in [6.07, 6.45) is 5.02. The molecule has 0 fully saturated rings. The third kappa shape index (κ3) is 2.38. The van der Waals surface area contributed by atoms with Gasteiger partial charge in [0.2, 0.25) is 0 Å². The second-order valence-electron chi connectivity index (χ2n) is 7.39. The molecule has 1 aromatic heterocycles. The number of pyridine rings is 1. The van der Waals surface area contributed by atoms with Crippen molar-refractivity contribution in [1.82, 2.24) is 4.57 Å². The number of ether oxygens (including phenoxy) is 1. The van der Waals surface area contributed by atoms with Gasteiger partial charge in [0.1, 0.15) is 11.9 Å². The van der Waals surface area contributed by atoms with E-state index in [1.165, 1.54) is 16.7 Å². The van der Waals surface area contributed by atoms with Crippen LogP contribution >= 0.6 is 0 Å². The van der Waals surface area contributed by atoms with Crippen molar-refractivity contribution in [2.24, 2.45) is 13.0 Å².